The van der Waals surface area contributed by atoms with Crippen molar-refractivity contribution in [1.29, 1.82) is 5.26 Å². The van der Waals surface area contributed by atoms with Crippen LogP contribution in [-0.2, 0) is 31.2 Å². The molecule has 46 heavy (non-hydrogen) atoms. The van der Waals surface area contributed by atoms with E-state index in [1.165, 1.54) is 11.0 Å². The molecule has 13 heteroatoms. The molecule has 0 radical (unpaired) electrons. The molecular formula is C33H33FN10O2. The fraction of sp³-hybridized carbons (Fsp3) is 0.364. The van der Waals surface area contributed by atoms with Crippen LogP contribution in [0.5, 0.6) is 0 Å². The van der Waals surface area contributed by atoms with Crippen LogP contribution in [0, 0.1) is 17.1 Å². The number of carbonyl (C=O) groups excluding carboxylic acids is 2. The van der Waals surface area contributed by atoms with Gasteiger partial charge >= 0.3 is 0 Å². The van der Waals surface area contributed by atoms with Crippen molar-refractivity contribution in [3.63, 3.8) is 0 Å². The summed E-state index contributed by atoms with van der Waals surface area (Å²) < 4.78 is 19.2. The molecule has 2 amide bonds. The standard InChI is InChI=1S/C33H33FN10O2/c1-33(2,18-44-27(8-10-37-44)20-4-5-20)40-31(45)28(12-19-15-38-42(3)17-19)43-11-9-22-23(6-7-24(34)29(22)32(43)46)30-21(14-35)13-25-26(39-30)16-36-41-25/h6-8,10,13,15-17,20,28H,4-5,9,11-12,18H2,1-3H3,(H,36,41)(H,40,45). The van der Waals surface area contributed by atoms with E-state index in [1.807, 2.05) is 24.6 Å². The minimum Gasteiger partial charge on any atom is -0.348 e. The Kier molecular flexibility index (Phi) is 7.15. The van der Waals surface area contributed by atoms with Gasteiger partial charge in [0.15, 0.2) is 0 Å². The van der Waals surface area contributed by atoms with Gasteiger partial charge in [-0.25, -0.2) is 9.37 Å². The summed E-state index contributed by atoms with van der Waals surface area (Å²) in [7, 11) is 1.78. The summed E-state index contributed by atoms with van der Waals surface area (Å²) in [5.74, 6) is -1.13. The molecule has 12 nitrogen and oxygen atoms in total. The number of rotatable bonds is 9. The van der Waals surface area contributed by atoms with Crippen molar-refractivity contribution in [3.8, 4) is 17.3 Å². The lowest BCUT2D eigenvalue weighted by molar-refractivity contribution is -0.127. The smallest absolute Gasteiger partial charge is 0.257 e. The summed E-state index contributed by atoms with van der Waals surface area (Å²) in [6.45, 7) is 4.49. The molecule has 2 N–H and O–H groups in total. The van der Waals surface area contributed by atoms with Crippen LogP contribution in [0.3, 0.4) is 0 Å². The lowest BCUT2D eigenvalue weighted by Gasteiger charge is -2.37. The molecule has 234 valence electrons. The summed E-state index contributed by atoms with van der Waals surface area (Å²) in [5.41, 5.74) is 3.85. The van der Waals surface area contributed by atoms with Crippen LogP contribution >= 0.6 is 0 Å². The predicted octanol–water partition coefficient (Wildman–Crippen LogP) is 3.65. The van der Waals surface area contributed by atoms with Crippen LogP contribution in [0.4, 0.5) is 4.39 Å². The van der Waals surface area contributed by atoms with E-state index >= 15 is 4.39 Å². The molecule has 1 fully saturated rings. The largest absolute Gasteiger partial charge is 0.348 e. The number of nitriles is 1. The van der Waals surface area contributed by atoms with Crippen LogP contribution < -0.4 is 5.32 Å². The summed E-state index contributed by atoms with van der Waals surface area (Å²) in [6.07, 6.45) is 9.53. The van der Waals surface area contributed by atoms with E-state index in [1.54, 1.807) is 48.6 Å². The zero-order valence-electron chi connectivity index (χ0n) is 25.8. The van der Waals surface area contributed by atoms with Gasteiger partial charge in [-0.1, -0.05) is 0 Å². The number of hydrogen-bond donors (Lipinski definition) is 2. The summed E-state index contributed by atoms with van der Waals surface area (Å²) in [6, 6.07) is 7.68. The summed E-state index contributed by atoms with van der Waals surface area (Å²) in [5, 5.41) is 28.6. The number of aryl methyl sites for hydroxylation is 1. The Morgan fingerprint density at radius 3 is 2.80 bits per heavy atom. The summed E-state index contributed by atoms with van der Waals surface area (Å²) in [4.78, 5) is 34.4. The molecule has 0 saturated heterocycles. The number of amides is 2. The van der Waals surface area contributed by atoms with Crippen molar-refractivity contribution in [2.24, 2.45) is 7.05 Å². The molecule has 7 rings (SSSR count). The molecular weight excluding hydrogens is 587 g/mol. The quantitative estimate of drug-likeness (QED) is 0.255. The lowest BCUT2D eigenvalue weighted by atomic mass is 9.89. The molecule has 5 aromatic rings. The number of nitrogens with one attached hydrogen (secondary N) is 2. The van der Waals surface area contributed by atoms with Crippen molar-refractivity contribution in [3.05, 3.63) is 82.8 Å². The fourth-order valence-electron chi connectivity index (χ4n) is 6.45. The van der Waals surface area contributed by atoms with Crippen LogP contribution in [0.15, 0.2) is 49.1 Å². The molecule has 2 aliphatic rings. The maximum Gasteiger partial charge on any atom is 0.257 e. The number of halogens is 1. The van der Waals surface area contributed by atoms with Gasteiger partial charge in [0.1, 0.15) is 23.4 Å². The monoisotopic (exact) mass is 620 g/mol. The topological polar surface area (TPSA) is 150 Å². The van der Waals surface area contributed by atoms with Crippen LogP contribution in [0.25, 0.3) is 22.3 Å². The number of pyridine rings is 1. The van der Waals surface area contributed by atoms with Gasteiger partial charge in [0.2, 0.25) is 5.91 Å². The number of hydrogen-bond acceptors (Lipinski definition) is 7. The molecule has 1 aliphatic heterocycles. The van der Waals surface area contributed by atoms with E-state index in [9.17, 15) is 14.9 Å². The van der Waals surface area contributed by atoms with Gasteiger partial charge in [0, 0.05) is 49.6 Å². The molecule has 5 heterocycles. The predicted molar refractivity (Wildman–Crippen MR) is 166 cm³/mol. The SMILES string of the molecule is Cn1cc(CC(C(=O)NC(C)(C)Cn2nccc2C2CC2)N2CCc3c(-c4nc5cn[nH]c5cc4C#N)ccc(F)c3C2=O)cn1. The third kappa shape index (κ3) is 5.40. The van der Waals surface area contributed by atoms with E-state index in [0.29, 0.717) is 40.3 Å². The molecule has 1 aromatic carbocycles. The lowest BCUT2D eigenvalue weighted by Crippen LogP contribution is -2.58. The Balaban J connectivity index is 1.22. The van der Waals surface area contributed by atoms with E-state index in [-0.39, 0.29) is 36.4 Å². The highest BCUT2D eigenvalue weighted by Crippen LogP contribution is 2.40. The number of benzene rings is 1. The van der Waals surface area contributed by atoms with E-state index in [0.717, 1.165) is 24.1 Å². The van der Waals surface area contributed by atoms with Crippen molar-refractivity contribution >= 4 is 22.8 Å². The Morgan fingerprint density at radius 1 is 1.24 bits per heavy atom. The Bertz CT molecular complexity index is 2030. The minimum atomic E-state index is -0.928. The first-order valence-electron chi connectivity index (χ1n) is 15.3. The highest BCUT2D eigenvalue weighted by Gasteiger charge is 2.39. The summed E-state index contributed by atoms with van der Waals surface area (Å²) >= 11 is 0. The van der Waals surface area contributed by atoms with Crippen molar-refractivity contribution in [2.75, 3.05) is 6.54 Å². The molecule has 1 aliphatic carbocycles. The van der Waals surface area contributed by atoms with E-state index < -0.39 is 23.3 Å². The number of nitrogens with zero attached hydrogens (tertiary/aromatic N) is 8. The molecule has 1 saturated carbocycles. The first-order chi connectivity index (χ1) is 22.1. The van der Waals surface area contributed by atoms with Crippen molar-refractivity contribution < 1.29 is 14.0 Å². The number of carbonyl (C=O) groups is 2. The Labute approximate surface area is 264 Å². The molecule has 0 spiro atoms. The maximum absolute atomic E-state index is 15.6. The van der Waals surface area contributed by atoms with Gasteiger partial charge in [-0.15, -0.1) is 0 Å². The number of aromatic nitrogens is 7. The normalized spacial score (nSPS) is 15.5. The Hall–Kier alpha value is -5.38. The third-order valence-electron chi connectivity index (χ3n) is 8.76. The first-order valence-corrected chi connectivity index (χ1v) is 15.3. The van der Waals surface area contributed by atoms with Crippen LogP contribution in [-0.4, -0.2) is 69.6 Å². The van der Waals surface area contributed by atoms with Crippen molar-refractivity contribution in [2.45, 2.75) is 63.6 Å². The second-order valence-electron chi connectivity index (χ2n) is 12.8. The fourth-order valence-corrected chi connectivity index (χ4v) is 6.45. The van der Waals surface area contributed by atoms with Crippen LogP contribution in [0.1, 0.15) is 65.3 Å². The van der Waals surface area contributed by atoms with Gasteiger partial charge in [-0.2, -0.15) is 20.6 Å². The number of fused-ring (bicyclic) bond motifs is 2. The van der Waals surface area contributed by atoms with Crippen molar-refractivity contribution in [1.82, 2.24) is 45.0 Å². The first kappa shape index (κ1) is 29.3. The molecule has 4 aromatic heterocycles. The average Bonchev–Trinajstić information content (AvgIpc) is 3.36. The van der Waals surface area contributed by atoms with E-state index in [4.69, 9.17) is 0 Å². The zero-order valence-corrected chi connectivity index (χ0v) is 25.8. The van der Waals surface area contributed by atoms with Gasteiger partial charge in [-0.3, -0.25) is 24.1 Å². The molecule has 1 atom stereocenters. The van der Waals surface area contributed by atoms with E-state index in [2.05, 4.69) is 36.8 Å². The minimum absolute atomic E-state index is 0.115. The second kappa shape index (κ2) is 11.2. The van der Waals surface area contributed by atoms with Crippen LogP contribution in [0.2, 0.25) is 0 Å². The van der Waals surface area contributed by atoms with Gasteiger partial charge in [-0.05, 0) is 68.5 Å². The second-order valence-corrected chi connectivity index (χ2v) is 12.8. The van der Waals surface area contributed by atoms with Gasteiger partial charge in [0.25, 0.3) is 5.91 Å². The third-order valence-corrected chi connectivity index (χ3v) is 8.76. The number of aromatic amines is 1. The van der Waals surface area contributed by atoms with Gasteiger partial charge < -0.3 is 10.2 Å². The highest BCUT2D eigenvalue weighted by atomic mass is 19.1. The zero-order chi connectivity index (χ0) is 32.2. The molecule has 1 unspecified atom stereocenters. The Morgan fingerprint density at radius 2 is 2.07 bits per heavy atom. The average molecular weight is 621 g/mol. The maximum atomic E-state index is 15.6. The molecule has 0 bridgehead atoms. The highest BCUT2D eigenvalue weighted by molar-refractivity contribution is 6.02. The number of H-pyrrole nitrogens is 1. The van der Waals surface area contributed by atoms with Gasteiger partial charge in [0.05, 0.1) is 46.8 Å².